The fourth-order valence-electron chi connectivity index (χ4n) is 2.42. The van der Waals surface area contributed by atoms with Crippen molar-refractivity contribution < 1.29 is 14.3 Å². The summed E-state index contributed by atoms with van der Waals surface area (Å²) in [5, 5.41) is 2.77. The van der Waals surface area contributed by atoms with Gasteiger partial charge in [-0.15, -0.1) is 0 Å². The fourth-order valence-corrected chi connectivity index (χ4v) is 2.42. The third kappa shape index (κ3) is 4.83. The van der Waals surface area contributed by atoms with Gasteiger partial charge in [-0.05, 0) is 55.2 Å². The zero-order valence-corrected chi connectivity index (χ0v) is 14.8. The van der Waals surface area contributed by atoms with Gasteiger partial charge in [0.2, 0.25) is 5.91 Å². The maximum absolute atomic E-state index is 12.4. The first-order valence-electron chi connectivity index (χ1n) is 8.38. The van der Waals surface area contributed by atoms with E-state index in [-0.39, 0.29) is 5.91 Å². The van der Waals surface area contributed by atoms with Gasteiger partial charge in [0.25, 0.3) is 5.91 Å². The number of benzene rings is 2. The van der Waals surface area contributed by atoms with Crippen LogP contribution in [0.3, 0.4) is 0 Å². The molecule has 3 N–H and O–H groups in total. The Kier molecular flexibility index (Phi) is 6.17. The van der Waals surface area contributed by atoms with Crippen LogP contribution in [-0.2, 0) is 4.79 Å². The lowest BCUT2D eigenvalue weighted by Gasteiger charge is -2.19. The molecule has 5 nitrogen and oxygen atoms in total. The van der Waals surface area contributed by atoms with Crippen molar-refractivity contribution in [1.82, 2.24) is 0 Å². The Labute approximate surface area is 148 Å². The van der Waals surface area contributed by atoms with E-state index in [1.165, 1.54) is 0 Å². The Morgan fingerprint density at radius 3 is 2.32 bits per heavy atom. The second-order valence-corrected chi connectivity index (χ2v) is 6.04. The van der Waals surface area contributed by atoms with Crippen molar-refractivity contribution in [3.05, 3.63) is 59.7 Å². The molecule has 0 fully saturated rings. The second kappa shape index (κ2) is 8.33. The van der Waals surface area contributed by atoms with Crippen molar-refractivity contribution in [2.24, 2.45) is 5.73 Å². The summed E-state index contributed by atoms with van der Waals surface area (Å²) in [7, 11) is 0. The van der Waals surface area contributed by atoms with Crippen molar-refractivity contribution in [1.29, 1.82) is 0 Å². The summed E-state index contributed by atoms with van der Waals surface area (Å²) in [4.78, 5) is 23.4. The van der Waals surface area contributed by atoms with Crippen molar-refractivity contribution in [2.45, 2.75) is 39.2 Å². The standard InChI is InChI=1S/C20H24N2O3/c1-4-13(2)17-7-5-6-8-18(17)25-14(3)20(24)22-16-11-9-15(10-12-16)19(21)23/h5-14H,4H2,1-3H3,(H2,21,23)(H,22,24). The number of rotatable bonds is 7. The second-order valence-electron chi connectivity index (χ2n) is 6.04. The number of primary amides is 1. The Bertz CT molecular complexity index is 741. The zero-order chi connectivity index (χ0) is 18.4. The van der Waals surface area contributed by atoms with E-state index in [9.17, 15) is 9.59 Å². The first-order chi connectivity index (χ1) is 11.9. The lowest BCUT2D eigenvalue weighted by molar-refractivity contribution is -0.122. The highest BCUT2D eigenvalue weighted by molar-refractivity contribution is 5.96. The summed E-state index contributed by atoms with van der Waals surface area (Å²) in [6.45, 7) is 5.96. The van der Waals surface area contributed by atoms with E-state index in [0.717, 1.165) is 17.7 Å². The van der Waals surface area contributed by atoms with E-state index in [1.807, 2.05) is 24.3 Å². The van der Waals surface area contributed by atoms with E-state index in [4.69, 9.17) is 10.5 Å². The lowest BCUT2D eigenvalue weighted by Crippen LogP contribution is -2.30. The highest BCUT2D eigenvalue weighted by Gasteiger charge is 2.18. The van der Waals surface area contributed by atoms with Gasteiger partial charge in [-0.25, -0.2) is 0 Å². The molecule has 2 rings (SSSR count). The van der Waals surface area contributed by atoms with E-state index in [2.05, 4.69) is 19.2 Å². The van der Waals surface area contributed by atoms with Gasteiger partial charge in [0, 0.05) is 11.3 Å². The van der Waals surface area contributed by atoms with Crippen LogP contribution in [0.25, 0.3) is 0 Å². The quantitative estimate of drug-likeness (QED) is 0.806. The average molecular weight is 340 g/mol. The minimum absolute atomic E-state index is 0.259. The minimum atomic E-state index is -0.652. The Morgan fingerprint density at radius 2 is 1.72 bits per heavy atom. The molecule has 0 bridgehead atoms. The van der Waals surface area contributed by atoms with E-state index < -0.39 is 12.0 Å². The Balaban J connectivity index is 2.04. The van der Waals surface area contributed by atoms with Crippen molar-refractivity contribution >= 4 is 17.5 Å². The maximum atomic E-state index is 12.4. The minimum Gasteiger partial charge on any atom is -0.481 e. The molecule has 0 aliphatic carbocycles. The maximum Gasteiger partial charge on any atom is 0.265 e. The smallest absolute Gasteiger partial charge is 0.265 e. The monoisotopic (exact) mass is 340 g/mol. The third-order valence-electron chi connectivity index (χ3n) is 4.17. The molecule has 0 saturated carbocycles. The SMILES string of the molecule is CCC(C)c1ccccc1OC(C)C(=O)Nc1ccc(C(N)=O)cc1. The summed E-state index contributed by atoms with van der Waals surface area (Å²) in [5.41, 5.74) is 7.27. The van der Waals surface area contributed by atoms with Gasteiger partial charge in [-0.2, -0.15) is 0 Å². The van der Waals surface area contributed by atoms with Gasteiger partial charge in [0.1, 0.15) is 5.75 Å². The third-order valence-corrected chi connectivity index (χ3v) is 4.17. The van der Waals surface area contributed by atoms with Gasteiger partial charge < -0.3 is 15.8 Å². The molecule has 2 unspecified atom stereocenters. The number of para-hydroxylation sites is 1. The molecule has 0 aromatic heterocycles. The van der Waals surface area contributed by atoms with Crippen molar-refractivity contribution in [2.75, 3.05) is 5.32 Å². The normalized spacial score (nSPS) is 12.9. The molecule has 0 spiro atoms. The number of nitrogens with two attached hydrogens (primary N) is 1. The predicted octanol–water partition coefficient (Wildman–Crippen LogP) is 3.71. The molecule has 2 aromatic rings. The van der Waals surface area contributed by atoms with Crippen LogP contribution in [0.1, 0.15) is 49.0 Å². The summed E-state index contributed by atoms with van der Waals surface area (Å²) in [6.07, 6.45) is 0.341. The zero-order valence-electron chi connectivity index (χ0n) is 14.8. The molecule has 0 aliphatic heterocycles. The van der Waals surface area contributed by atoms with Crippen LogP contribution in [-0.4, -0.2) is 17.9 Å². The summed E-state index contributed by atoms with van der Waals surface area (Å²) in [5.74, 6) is 0.318. The van der Waals surface area contributed by atoms with Crippen molar-refractivity contribution in [3.8, 4) is 5.75 Å². The largest absolute Gasteiger partial charge is 0.481 e. The van der Waals surface area contributed by atoms with Gasteiger partial charge in [-0.3, -0.25) is 9.59 Å². The van der Waals surface area contributed by atoms with E-state index >= 15 is 0 Å². The number of ether oxygens (including phenoxy) is 1. The summed E-state index contributed by atoms with van der Waals surface area (Å²) >= 11 is 0. The highest BCUT2D eigenvalue weighted by Crippen LogP contribution is 2.29. The van der Waals surface area contributed by atoms with E-state index in [0.29, 0.717) is 17.2 Å². The van der Waals surface area contributed by atoms with Gasteiger partial charge in [-0.1, -0.05) is 32.0 Å². The predicted molar refractivity (Wildman–Crippen MR) is 98.8 cm³/mol. The molecule has 0 aliphatic rings. The molecule has 2 amide bonds. The molecule has 5 heteroatoms. The molecule has 25 heavy (non-hydrogen) atoms. The summed E-state index contributed by atoms with van der Waals surface area (Å²) < 4.78 is 5.88. The van der Waals surface area contributed by atoms with Gasteiger partial charge in [0.15, 0.2) is 6.10 Å². The first-order valence-corrected chi connectivity index (χ1v) is 8.38. The first kappa shape index (κ1) is 18.5. The average Bonchev–Trinajstić information content (AvgIpc) is 2.61. The molecule has 132 valence electrons. The number of amides is 2. The molecule has 0 radical (unpaired) electrons. The van der Waals surface area contributed by atoms with E-state index in [1.54, 1.807) is 31.2 Å². The van der Waals surface area contributed by atoms with Crippen molar-refractivity contribution in [3.63, 3.8) is 0 Å². The van der Waals surface area contributed by atoms with Crippen LogP contribution in [0.5, 0.6) is 5.75 Å². The van der Waals surface area contributed by atoms with Crippen LogP contribution >= 0.6 is 0 Å². The molecule has 2 aromatic carbocycles. The number of anilines is 1. The Hall–Kier alpha value is -2.82. The fraction of sp³-hybridized carbons (Fsp3) is 0.300. The van der Waals surface area contributed by atoms with Gasteiger partial charge >= 0.3 is 0 Å². The number of carbonyl (C=O) groups excluding carboxylic acids is 2. The van der Waals surface area contributed by atoms with Crippen LogP contribution in [0.15, 0.2) is 48.5 Å². The summed E-state index contributed by atoms with van der Waals surface area (Å²) in [6, 6.07) is 14.2. The number of hydrogen-bond acceptors (Lipinski definition) is 3. The molecule has 0 saturated heterocycles. The molecule has 2 atom stereocenters. The number of nitrogens with one attached hydrogen (secondary N) is 1. The lowest BCUT2D eigenvalue weighted by atomic mass is 9.98. The Morgan fingerprint density at radius 1 is 1.08 bits per heavy atom. The van der Waals surface area contributed by atoms with Crippen LogP contribution in [0.4, 0.5) is 5.69 Å². The molecular formula is C20H24N2O3. The van der Waals surface area contributed by atoms with Crippen LogP contribution < -0.4 is 15.8 Å². The highest BCUT2D eigenvalue weighted by atomic mass is 16.5. The number of hydrogen-bond donors (Lipinski definition) is 2. The van der Waals surface area contributed by atoms with Gasteiger partial charge in [0.05, 0.1) is 0 Å². The topological polar surface area (TPSA) is 81.4 Å². The van der Waals surface area contributed by atoms with Crippen LogP contribution in [0, 0.1) is 0 Å². The number of carbonyl (C=O) groups is 2. The molecular weight excluding hydrogens is 316 g/mol. The molecule has 0 heterocycles. The van der Waals surface area contributed by atoms with Crippen LogP contribution in [0.2, 0.25) is 0 Å².